The summed E-state index contributed by atoms with van der Waals surface area (Å²) in [6.45, 7) is 0. The van der Waals surface area contributed by atoms with Crippen LogP contribution in [0, 0.1) is 0 Å². The fourth-order valence-corrected chi connectivity index (χ4v) is 10.3. The zero-order chi connectivity index (χ0) is 38.3. The molecule has 0 amide bonds. The fraction of sp³-hybridized carbons (Fsp3) is 0. The molecule has 4 aromatic heterocycles. The Balaban J connectivity index is 1.19. The van der Waals surface area contributed by atoms with Gasteiger partial charge in [-0.3, -0.25) is 4.57 Å². The maximum atomic E-state index is 6.69. The monoisotopic (exact) mass is 750 g/mol. The van der Waals surface area contributed by atoms with E-state index in [2.05, 4.69) is 179 Å². The summed E-state index contributed by atoms with van der Waals surface area (Å²) in [6, 6.07) is 65.4. The third-order valence-corrected chi connectivity index (χ3v) is 12.7. The first kappa shape index (κ1) is 31.1. The molecule has 5 heterocycles. The van der Waals surface area contributed by atoms with Crippen molar-refractivity contribution >= 4 is 87.2 Å². The van der Waals surface area contributed by atoms with E-state index < -0.39 is 0 Å². The Morgan fingerprint density at radius 1 is 0.390 bits per heavy atom. The first-order chi connectivity index (χ1) is 29.3. The number of nitrogens with zero attached hydrogens (tertiary/aromatic N) is 4. The van der Waals surface area contributed by atoms with E-state index in [4.69, 9.17) is 14.4 Å². The second-order valence-corrected chi connectivity index (χ2v) is 15.7. The van der Waals surface area contributed by atoms with Crippen molar-refractivity contribution in [2.24, 2.45) is 0 Å². The van der Waals surface area contributed by atoms with Gasteiger partial charge in [0.2, 0.25) is 11.7 Å². The largest absolute Gasteiger partial charge is 0.437 e. The third kappa shape index (κ3) is 4.03. The van der Waals surface area contributed by atoms with Gasteiger partial charge in [0.15, 0.2) is 0 Å². The topological polar surface area (TPSA) is 48.8 Å². The predicted octanol–water partition coefficient (Wildman–Crippen LogP) is 14.2. The molecule has 0 bridgehead atoms. The lowest BCUT2D eigenvalue weighted by molar-refractivity contribution is 0.651. The molecule has 1 aliphatic rings. The molecule has 9 aromatic carbocycles. The molecular weight excluding hydrogens is 721 g/mol. The second-order valence-electron chi connectivity index (χ2n) is 15.7. The highest BCUT2D eigenvalue weighted by atomic mass is 16.3. The molecule has 0 saturated carbocycles. The molecule has 0 aliphatic carbocycles. The molecule has 0 unspecified atom stereocenters. The second kappa shape index (κ2) is 11.3. The fourth-order valence-electron chi connectivity index (χ4n) is 10.3. The highest BCUT2D eigenvalue weighted by Crippen LogP contribution is 2.52. The van der Waals surface area contributed by atoms with Crippen LogP contribution in [0.25, 0.3) is 132 Å². The Bertz CT molecular complexity index is 3980. The van der Waals surface area contributed by atoms with Crippen molar-refractivity contribution < 1.29 is 4.42 Å². The summed E-state index contributed by atoms with van der Waals surface area (Å²) in [5.41, 5.74) is 13.7. The highest BCUT2D eigenvalue weighted by molar-refractivity contribution is 6.29. The van der Waals surface area contributed by atoms with Crippen molar-refractivity contribution in [3.8, 4) is 45.1 Å². The van der Waals surface area contributed by atoms with Gasteiger partial charge >= 0.3 is 0 Å². The summed E-state index contributed by atoms with van der Waals surface area (Å²) < 4.78 is 11.5. The Labute approximate surface area is 336 Å². The summed E-state index contributed by atoms with van der Waals surface area (Å²) in [6.07, 6.45) is 0. The number of para-hydroxylation sites is 4. The molecule has 13 aromatic rings. The van der Waals surface area contributed by atoms with E-state index in [0.717, 1.165) is 54.8 Å². The van der Waals surface area contributed by atoms with E-state index >= 15 is 0 Å². The van der Waals surface area contributed by atoms with Gasteiger partial charge in [0.05, 0.1) is 38.8 Å². The number of hydrogen-bond acceptors (Lipinski definition) is 3. The van der Waals surface area contributed by atoms with E-state index in [0.29, 0.717) is 11.7 Å². The van der Waals surface area contributed by atoms with E-state index in [1.54, 1.807) is 0 Å². The Morgan fingerprint density at radius 3 is 1.86 bits per heavy atom. The molecule has 0 N–H and O–H groups in total. The molecule has 1 aliphatic heterocycles. The summed E-state index contributed by atoms with van der Waals surface area (Å²) in [7, 11) is 0. The van der Waals surface area contributed by atoms with Gasteiger partial charge in [-0.2, -0.15) is 4.98 Å². The third-order valence-electron chi connectivity index (χ3n) is 12.7. The van der Waals surface area contributed by atoms with Crippen LogP contribution in [-0.2, 0) is 0 Å². The van der Waals surface area contributed by atoms with Gasteiger partial charge in [0, 0.05) is 43.6 Å². The predicted molar refractivity (Wildman–Crippen MR) is 243 cm³/mol. The molecule has 0 atom stereocenters. The van der Waals surface area contributed by atoms with Gasteiger partial charge < -0.3 is 8.98 Å². The smallest absolute Gasteiger partial charge is 0.238 e. The minimum absolute atomic E-state index is 0.561. The average molecular weight is 751 g/mol. The molecule has 14 rings (SSSR count). The first-order valence-corrected chi connectivity index (χ1v) is 20.1. The average Bonchev–Trinajstić information content (AvgIpc) is 3.92. The van der Waals surface area contributed by atoms with Crippen LogP contribution in [0.1, 0.15) is 0 Å². The summed E-state index contributed by atoms with van der Waals surface area (Å²) >= 11 is 0. The zero-order valence-corrected chi connectivity index (χ0v) is 31.5. The van der Waals surface area contributed by atoms with Crippen molar-refractivity contribution in [1.82, 2.24) is 19.1 Å². The van der Waals surface area contributed by atoms with Gasteiger partial charge in [0.25, 0.3) is 0 Å². The van der Waals surface area contributed by atoms with Crippen LogP contribution in [0.2, 0.25) is 0 Å². The van der Waals surface area contributed by atoms with Crippen LogP contribution in [0.15, 0.2) is 186 Å². The lowest BCUT2D eigenvalue weighted by Gasteiger charge is -2.14. The maximum absolute atomic E-state index is 6.69. The standard InChI is InChI=1S/C54H30N4O/c1-2-16-32-31(15-1)29-41(34-18-4-3-17-33(32)34)51-50-40-24-10-14-28-47(40)59-53(50)56-54(55-51)58-45-27-13-9-23-39(45)48-46(58)30-42-37-21-8-12-26-44(37)57-43-25-11-7-20-36(43)35-19-5-6-22-38(35)49(48)52(42)57/h1-30H. The van der Waals surface area contributed by atoms with E-state index in [-0.39, 0.29) is 0 Å². The minimum atomic E-state index is 0.561. The van der Waals surface area contributed by atoms with Gasteiger partial charge in [0.1, 0.15) is 5.58 Å². The normalized spacial score (nSPS) is 12.4. The molecule has 5 nitrogen and oxygen atoms in total. The lowest BCUT2D eigenvalue weighted by atomic mass is 9.91. The van der Waals surface area contributed by atoms with Crippen LogP contribution < -0.4 is 0 Å². The van der Waals surface area contributed by atoms with E-state index in [1.807, 2.05) is 12.1 Å². The number of hydrogen-bond donors (Lipinski definition) is 0. The summed E-state index contributed by atoms with van der Waals surface area (Å²) in [4.78, 5) is 11.1. The van der Waals surface area contributed by atoms with Crippen LogP contribution >= 0.6 is 0 Å². The highest BCUT2D eigenvalue weighted by Gasteiger charge is 2.30. The van der Waals surface area contributed by atoms with Crippen LogP contribution in [0.4, 0.5) is 0 Å². The quantitative estimate of drug-likeness (QED) is 0.165. The Kier molecular flexibility index (Phi) is 5.96. The number of fused-ring (bicyclic) bond motifs is 18. The van der Waals surface area contributed by atoms with Crippen molar-refractivity contribution in [3.63, 3.8) is 0 Å². The Hall–Kier alpha value is -8.02. The van der Waals surface area contributed by atoms with Crippen molar-refractivity contribution in [2.75, 3.05) is 0 Å². The number of furan rings is 1. The zero-order valence-electron chi connectivity index (χ0n) is 31.5. The lowest BCUT2D eigenvalue weighted by Crippen LogP contribution is -2.03. The number of benzene rings is 9. The van der Waals surface area contributed by atoms with E-state index in [9.17, 15) is 0 Å². The van der Waals surface area contributed by atoms with Crippen LogP contribution in [0.3, 0.4) is 0 Å². The van der Waals surface area contributed by atoms with Gasteiger partial charge in [-0.15, -0.1) is 0 Å². The molecule has 0 fully saturated rings. The van der Waals surface area contributed by atoms with Crippen molar-refractivity contribution in [2.45, 2.75) is 0 Å². The van der Waals surface area contributed by atoms with Gasteiger partial charge in [-0.25, -0.2) is 4.98 Å². The van der Waals surface area contributed by atoms with Crippen LogP contribution in [0.5, 0.6) is 0 Å². The van der Waals surface area contributed by atoms with Crippen molar-refractivity contribution in [3.05, 3.63) is 182 Å². The molecule has 0 saturated heterocycles. The molecule has 0 spiro atoms. The minimum Gasteiger partial charge on any atom is -0.437 e. The Morgan fingerprint density at radius 2 is 1.02 bits per heavy atom. The number of rotatable bonds is 2. The molecule has 5 heteroatoms. The molecule has 59 heavy (non-hydrogen) atoms. The molecular formula is C54H30N4O. The molecule has 0 radical (unpaired) electrons. The summed E-state index contributed by atoms with van der Waals surface area (Å²) in [5.74, 6) is 0.565. The number of aromatic nitrogens is 4. The van der Waals surface area contributed by atoms with Gasteiger partial charge in [-0.05, 0) is 69.1 Å². The first-order valence-electron chi connectivity index (χ1n) is 20.1. The van der Waals surface area contributed by atoms with Crippen LogP contribution in [-0.4, -0.2) is 19.1 Å². The summed E-state index contributed by atoms with van der Waals surface area (Å²) in [5, 5.41) is 11.3. The van der Waals surface area contributed by atoms with Crippen molar-refractivity contribution in [1.29, 1.82) is 0 Å². The SMILES string of the molecule is c1ccc2c(c1)-c1ccccc1-n1c3ccccc3c3cc4c(c-2c31)c1ccccc1n4-c1nc(-c2cc3ccccc3c3ccccc23)c2c(n1)oc1ccccc12. The molecule has 272 valence electrons. The maximum Gasteiger partial charge on any atom is 0.238 e. The van der Waals surface area contributed by atoms with Gasteiger partial charge in [-0.1, -0.05) is 146 Å². The van der Waals surface area contributed by atoms with E-state index in [1.165, 1.54) is 65.9 Å².